The van der Waals surface area contributed by atoms with E-state index in [0.29, 0.717) is 6.42 Å². The molecule has 0 aliphatic carbocycles. The van der Waals surface area contributed by atoms with Crippen molar-refractivity contribution in [3.63, 3.8) is 0 Å². The number of aryl methyl sites for hydroxylation is 1. The van der Waals surface area contributed by atoms with Crippen LogP contribution in [0.3, 0.4) is 0 Å². The van der Waals surface area contributed by atoms with Crippen LogP contribution in [-0.2, 0) is 11.2 Å². The topological polar surface area (TPSA) is 32.8 Å². The Bertz CT molecular complexity index is 594. The normalized spacial score (nSPS) is 18.8. The Morgan fingerprint density at radius 3 is 2.65 bits per heavy atom. The fraction of sp³-hybridized carbons (Fsp3) is 0.682. The highest BCUT2D eigenvalue weighted by Gasteiger charge is 2.25. The van der Waals surface area contributed by atoms with E-state index in [-0.39, 0.29) is 5.91 Å². The predicted octanol–water partition coefficient (Wildman–Crippen LogP) is 4.27. The van der Waals surface area contributed by atoms with Gasteiger partial charge in [0.05, 0.1) is 7.11 Å². The summed E-state index contributed by atoms with van der Waals surface area (Å²) in [5.74, 6) is 2.08. The first-order valence-corrected chi connectivity index (χ1v) is 10.4. The fourth-order valence-electron chi connectivity index (χ4n) is 4.35. The molecule has 2 aliphatic heterocycles. The summed E-state index contributed by atoms with van der Waals surface area (Å²) in [6.07, 6.45) is 9.31. The number of likely N-dealkylation sites (tertiary alicyclic amines) is 1. The Kier molecular flexibility index (Phi) is 6.95. The summed E-state index contributed by atoms with van der Waals surface area (Å²) in [7, 11) is 1.69. The molecule has 0 aromatic heterocycles. The lowest BCUT2D eigenvalue weighted by Crippen LogP contribution is -2.39. The number of hydrogen-bond acceptors (Lipinski definition) is 3. The number of fused-ring (bicyclic) bond motifs is 1. The average molecular weight is 359 g/mol. The average Bonchev–Trinajstić information content (AvgIpc) is 2.68. The Morgan fingerprint density at radius 2 is 1.92 bits per heavy atom. The van der Waals surface area contributed by atoms with Crippen LogP contribution in [0.5, 0.6) is 5.75 Å². The number of anilines is 1. The molecule has 4 heteroatoms. The second-order valence-electron chi connectivity index (χ2n) is 7.82. The zero-order valence-corrected chi connectivity index (χ0v) is 16.5. The number of amides is 1. The summed E-state index contributed by atoms with van der Waals surface area (Å²) >= 11 is 0. The van der Waals surface area contributed by atoms with Crippen molar-refractivity contribution in [2.45, 2.75) is 58.3 Å². The van der Waals surface area contributed by atoms with Crippen molar-refractivity contribution < 1.29 is 9.53 Å². The van der Waals surface area contributed by atoms with Gasteiger partial charge >= 0.3 is 0 Å². The van der Waals surface area contributed by atoms with Gasteiger partial charge in [-0.05, 0) is 75.0 Å². The molecular formula is C22H34N2O2. The van der Waals surface area contributed by atoms with Crippen molar-refractivity contribution in [2.75, 3.05) is 38.2 Å². The Hall–Kier alpha value is -1.55. The number of nitrogens with zero attached hydrogens (tertiary/aromatic N) is 2. The zero-order valence-electron chi connectivity index (χ0n) is 16.5. The second kappa shape index (κ2) is 9.40. The molecule has 0 spiro atoms. The molecule has 2 aliphatic rings. The summed E-state index contributed by atoms with van der Waals surface area (Å²) in [6.45, 7) is 6.68. The van der Waals surface area contributed by atoms with Gasteiger partial charge in [-0.2, -0.15) is 0 Å². The highest BCUT2D eigenvalue weighted by atomic mass is 16.5. The van der Waals surface area contributed by atoms with E-state index >= 15 is 0 Å². The highest BCUT2D eigenvalue weighted by Crippen LogP contribution is 2.31. The maximum atomic E-state index is 12.4. The number of unbranched alkanes of at least 4 members (excludes halogenated alkanes) is 1. The summed E-state index contributed by atoms with van der Waals surface area (Å²) in [4.78, 5) is 17.0. The van der Waals surface area contributed by atoms with Gasteiger partial charge in [-0.15, -0.1) is 0 Å². The molecule has 0 radical (unpaired) electrons. The van der Waals surface area contributed by atoms with Gasteiger partial charge in [-0.25, -0.2) is 0 Å². The standard InChI is InChI=1S/C22H34N2O2/c1-3-4-6-18-11-15-23(16-12-18)13-5-14-24-21-9-8-20(26-2)17-19(21)7-10-22(24)25/h8-9,17-18H,3-7,10-16H2,1-2H3. The fourth-order valence-corrected chi connectivity index (χ4v) is 4.35. The van der Waals surface area contributed by atoms with Crippen molar-refractivity contribution in [3.8, 4) is 5.75 Å². The van der Waals surface area contributed by atoms with E-state index in [4.69, 9.17) is 4.74 Å². The third-order valence-corrected chi connectivity index (χ3v) is 6.02. The van der Waals surface area contributed by atoms with E-state index in [9.17, 15) is 4.79 Å². The number of rotatable bonds is 8. The number of carbonyl (C=O) groups is 1. The molecule has 1 fully saturated rings. The van der Waals surface area contributed by atoms with E-state index in [0.717, 1.165) is 43.3 Å². The summed E-state index contributed by atoms with van der Waals surface area (Å²) < 4.78 is 5.33. The molecule has 3 rings (SSSR count). The number of ether oxygens (including phenoxy) is 1. The first-order valence-electron chi connectivity index (χ1n) is 10.4. The molecule has 1 amide bonds. The van der Waals surface area contributed by atoms with Gasteiger partial charge in [0.2, 0.25) is 5.91 Å². The monoisotopic (exact) mass is 358 g/mol. The van der Waals surface area contributed by atoms with Gasteiger partial charge in [0, 0.05) is 18.7 Å². The van der Waals surface area contributed by atoms with Crippen molar-refractivity contribution in [3.05, 3.63) is 23.8 Å². The van der Waals surface area contributed by atoms with E-state index in [2.05, 4.69) is 17.9 Å². The molecule has 144 valence electrons. The molecule has 1 aromatic carbocycles. The van der Waals surface area contributed by atoms with Crippen LogP contribution in [0.4, 0.5) is 5.69 Å². The molecular weight excluding hydrogens is 324 g/mol. The first-order chi connectivity index (χ1) is 12.7. The molecule has 2 heterocycles. The van der Waals surface area contributed by atoms with Crippen LogP contribution in [0, 0.1) is 5.92 Å². The molecule has 26 heavy (non-hydrogen) atoms. The van der Waals surface area contributed by atoms with Crippen LogP contribution >= 0.6 is 0 Å². The summed E-state index contributed by atoms with van der Waals surface area (Å²) in [5.41, 5.74) is 2.32. The third kappa shape index (κ3) is 4.79. The maximum Gasteiger partial charge on any atom is 0.227 e. The minimum absolute atomic E-state index is 0.265. The van der Waals surface area contributed by atoms with E-state index in [1.807, 2.05) is 17.0 Å². The molecule has 0 N–H and O–H groups in total. The van der Waals surface area contributed by atoms with Crippen molar-refractivity contribution >= 4 is 11.6 Å². The molecule has 0 bridgehead atoms. The number of carbonyl (C=O) groups excluding carboxylic acids is 1. The lowest BCUT2D eigenvalue weighted by atomic mass is 9.91. The molecule has 0 unspecified atom stereocenters. The minimum Gasteiger partial charge on any atom is -0.497 e. The molecule has 1 aromatic rings. The highest BCUT2D eigenvalue weighted by molar-refractivity contribution is 5.96. The van der Waals surface area contributed by atoms with E-state index in [1.165, 1.54) is 50.8 Å². The zero-order chi connectivity index (χ0) is 18.4. The van der Waals surface area contributed by atoms with Gasteiger partial charge < -0.3 is 14.5 Å². The third-order valence-electron chi connectivity index (χ3n) is 6.02. The van der Waals surface area contributed by atoms with Crippen molar-refractivity contribution in [2.24, 2.45) is 5.92 Å². The van der Waals surface area contributed by atoms with Crippen molar-refractivity contribution in [1.29, 1.82) is 0 Å². The largest absolute Gasteiger partial charge is 0.497 e. The van der Waals surface area contributed by atoms with Gasteiger partial charge in [-0.3, -0.25) is 4.79 Å². The van der Waals surface area contributed by atoms with Gasteiger partial charge in [0.25, 0.3) is 0 Å². The number of hydrogen-bond donors (Lipinski definition) is 0. The first kappa shape index (κ1) is 19.2. The van der Waals surface area contributed by atoms with Crippen LogP contribution in [0.15, 0.2) is 18.2 Å². The number of methoxy groups -OCH3 is 1. The van der Waals surface area contributed by atoms with Gasteiger partial charge in [0.1, 0.15) is 5.75 Å². The molecule has 4 nitrogen and oxygen atoms in total. The van der Waals surface area contributed by atoms with Crippen LogP contribution < -0.4 is 9.64 Å². The number of piperidine rings is 1. The maximum absolute atomic E-state index is 12.4. The lowest BCUT2D eigenvalue weighted by Gasteiger charge is -2.33. The predicted molar refractivity (Wildman–Crippen MR) is 107 cm³/mol. The van der Waals surface area contributed by atoms with Gasteiger partial charge in [-0.1, -0.05) is 26.2 Å². The Labute approximate surface area is 158 Å². The minimum atomic E-state index is 0.265. The summed E-state index contributed by atoms with van der Waals surface area (Å²) in [6, 6.07) is 6.09. The quantitative estimate of drug-likeness (QED) is 0.696. The van der Waals surface area contributed by atoms with Crippen LogP contribution in [0.25, 0.3) is 0 Å². The molecule has 0 saturated carbocycles. The smallest absolute Gasteiger partial charge is 0.227 e. The number of benzene rings is 1. The molecule has 1 saturated heterocycles. The van der Waals surface area contributed by atoms with Crippen molar-refractivity contribution in [1.82, 2.24) is 4.90 Å². The SMILES string of the molecule is CCCCC1CCN(CCCN2C(=O)CCc3cc(OC)ccc32)CC1. The van der Waals surface area contributed by atoms with Crippen LogP contribution in [0.2, 0.25) is 0 Å². The van der Waals surface area contributed by atoms with Crippen LogP contribution in [0.1, 0.15) is 57.4 Å². The van der Waals surface area contributed by atoms with E-state index in [1.54, 1.807) is 7.11 Å². The molecule has 0 atom stereocenters. The lowest BCUT2D eigenvalue weighted by molar-refractivity contribution is -0.118. The Balaban J connectivity index is 1.47. The van der Waals surface area contributed by atoms with Crippen LogP contribution in [-0.4, -0.2) is 44.1 Å². The van der Waals surface area contributed by atoms with E-state index < -0.39 is 0 Å². The van der Waals surface area contributed by atoms with Gasteiger partial charge in [0.15, 0.2) is 0 Å². The second-order valence-corrected chi connectivity index (χ2v) is 7.82. The summed E-state index contributed by atoms with van der Waals surface area (Å²) in [5, 5.41) is 0. The Morgan fingerprint density at radius 1 is 1.12 bits per heavy atom.